The number of hydrogen-bond acceptors (Lipinski definition) is 2. The quantitative estimate of drug-likeness (QED) is 0.892. The highest BCUT2D eigenvalue weighted by Gasteiger charge is 2.13. The van der Waals surface area contributed by atoms with E-state index in [1.54, 1.807) is 6.07 Å². The zero-order valence-electron chi connectivity index (χ0n) is 9.01. The Balaban J connectivity index is 1.91. The Morgan fingerprint density at radius 2 is 2.38 bits per heavy atom. The summed E-state index contributed by atoms with van der Waals surface area (Å²) in [5, 5.41) is 3.68. The first-order valence-corrected chi connectivity index (χ1v) is 7.04. The fourth-order valence-electron chi connectivity index (χ4n) is 1.84. The molecule has 1 aromatic carbocycles. The number of halogens is 2. The maximum atomic E-state index is 13.2. The number of nitrogens with one attached hydrogen (secondary N) is 1. The number of rotatable bonds is 3. The molecule has 1 aliphatic heterocycles. The Bertz CT molecular complexity index is 353. The van der Waals surface area contributed by atoms with Gasteiger partial charge in [-0.2, -0.15) is 11.8 Å². The summed E-state index contributed by atoms with van der Waals surface area (Å²) < 4.78 is 13.2. The third kappa shape index (κ3) is 3.12. The van der Waals surface area contributed by atoms with Crippen LogP contribution in [0.15, 0.2) is 18.2 Å². The Kier molecular flexibility index (Phi) is 4.50. The van der Waals surface area contributed by atoms with Crippen LogP contribution in [0.3, 0.4) is 0 Å². The molecule has 1 aliphatic rings. The lowest BCUT2D eigenvalue weighted by atomic mass is 10.1. The van der Waals surface area contributed by atoms with Gasteiger partial charge in [0.1, 0.15) is 5.82 Å². The van der Waals surface area contributed by atoms with E-state index in [0.29, 0.717) is 12.6 Å². The van der Waals surface area contributed by atoms with E-state index in [1.807, 2.05) is 17.8 Å². The molecule has 0 bridgehead atoms. The van der Waals surface area contributed by atoms with Gasteiger partial charge in [0.2, 0.25) is 0 Å². The van der Waals surface area contributed by atoms with Crippen molar-refractivity contribution in [3.63, 3.8) is 0 Å². The SMILES string of the molecule is Fc1cccc(CNC2CCCSC2)c1Cl. The van der Waals surface area contributed by atoms with E-state index in [0.717, 1.165) is 11.3 Å². The molecule has 88 valence electrons. The van der Waals surface area contributed by atoms with Crippen molar-refractivity contribution in [2.24, 2.45) is 0 Å². The van der Waals surface area contributed by atoms with Crippen molar-refractivity contribution >= 4 is 23.4 Å². The van der Waals surface area contributed by atoms with Crippen LogP contribution in [0.5, 0.6) is 0 Å². The van der Waals surface area contributed by atoms with Crippen molar-refractivity contribution in [3.05, 3.63) is 34.6 Å². The van der Waals surface area contributed by atoms with E-state index >= 15 is 0 Å². The lowest BCUT2D eigenvalue weighted by Crippen LogP contribution is -2.33. The third-order valence-electron chi connectivity index (χ3n) is 2.77. The van der Waals surface area contributed by atoms with Crippen LogP contribution < -0.4 is 5.32 Å². The molecule has 0 aromatic heterocycles. The standard InChI is InChI=1S/C12H15ClFNS/c13-12-9(3-1-5-11(12)14)7-15-10-4-2-6-16-8-10/h1,3,5,10,15H,2,4,6-8H2. The topological polar surface area (TPSA) is 12.0 Å². The molecular weight excluding hydrogens is 245 g/mol. The van der Waals surface area contributed by atoms with Gasteiger partial charge in [0.25, 0.3) is 0 Å². The van der Waals surface area contributed by atoms with Gasteiger partial charge in [0, 0.05) is 18.3 Å². The zero-order chi connectivity index (χ0) is 11.4. The molecule has 16 heavy (non-hydrogen) atoms. The Labute approximate surface area is 105 Å². The highest BCUT2D eigenvalue weighted by atomic mass is 35.5. The zero-order valence-corrected chi connectivity index (χ0v) is 10.6. The molecule has 1 fully saturated rings. The second-order valence-corrected chi connectivity index (χ2v) is 5.54. The van der Waals surface area contributed by atoms with Crippen molar-refractivity contribution in [1.29, 1.82) is 0 Å². The van der Waals surface area contributed by atoms with E-state index in [1.165, 1.54) is 24.7 Å². The maximum absolute atomic E-state index is 13.2. The lowest BCUT2D eigenvalue weighted by Gasteiger charge is -2.22. The fraction of sp³-hybridized carbons (Fsp3) is 0.500. The van der Waals surface area contributed by atoms with Crippen LogP contribution in [0.25, 0.3) is 0 Å². The molecule has 0 radical (unpaired) electrons. The smallest absolute Gasteiger partial charge is 0.142 e. The Morgan fingerprint density at radius 1 is 1.50 bits per heavy atom. The van der Waals surface area contributed by atoms with Crippen molar-refractivity contribution in [2.45, 2.75) is 25.4 Å². The van der Waals surface area contributed by atoms with E-state index in [9.17, 15) is 4.39 Å². The number of thioether (sulfide) groups is 1. The normalized spacial score (nSPS) is 21.0. The van der Waals surface area contributed by atoms with E-state index < -0.39 is 0 Å². The number of hydrogen-bond donors (Lipinski definition) is 1. The molecule has 2 rings (SSSR count). The maximum Gasteiger partial charge on any atom is 0.142 e. The van der Waals surface area contributed by atoms with Crippen molar-refractivity contribution in [3.8, 4) is 0 Å². The van der Waals surface area contributed by atoms with Gasteiger partial charge in [-0.15, -0.1) is 0 Å². The summed E-state index contributed by atoms with van der Waals surface area (Å²) in [5.74, 6) is 2.07. The first kappa shape index (κ1) is 12.2. The average molecular weight is 260 g/mol. The Morgan fingerprint density at radius 3 is 3.12 bits per heavy atom. The molecule has 1 nitrogen and oxygen atoms in total. The second kappa shape index (κ2) is 5.89. The first-order valence-electron chi connectivity index (χ1n) is 5.51. The second-order valence-electron chi connectivity index (χ2n) is 4.01. The molecule has 4 heteroatoms. The molecule has 0 saturated carbocycles. The summed E-state index contributed by atoms with van der Waals surface area (Å²) in [6.45, 7) is 0.655. The summed E-state index contributed by atoms with van der Waals surface area (Å²) in [6, 6.07) is 5.50. The van der Waals surface area contributed by atoms with Gasteiger partial charge in [0.15, 0.2) is 0 Å². The van der Waals surface area contributed by atoms with Gasteiger partial charge in [-0.3, -0.25) is 0 Å². The van der Waals surface area contributed by atoms with Crippen LogP contribution in [0.1, 0.15) is 18.4 Å². The predicted molar refractivity (Wildman–Crippen MR) is 68.6 cm³/mol. The van der Waals surface area contributed by atoms with Gasteiger partial charge >= 0.3 is 0 Å². The monoisotopic (exact) mass is 259 g/mol. The molecule has 0 amide bonds. The van der Waals surface area contributed by atoms with Crippen molar-refractivity contribution < 1.29 is 4.39 Å². The van der Waals surface area contributed by atoms with Gasteiger partial charge in [-0.05, 0) is 30.2 Å². The van der Waals surface area contributed by atoms with E-state index in [2.05, 4.69) is 5.32 Å². The third-order valence-corrected chi connectivity index (χ3v) is 4.41. The molecule has 1 unspecified atom stereocenters. The van der Waals surface area contributed by atoms with E-state index in [-0.39, 0.29) is 10.8 Å². The number of benzene rings is 1. The summed E-state index contributed by atoms with van der Waals surface area (Å²) in [7, 11) is 0. The highest BCUT2D eigenvalue weighted by Crippen LogP contribution is 2.21. The highest BCUT2D eigenvalue weighted by molar-refractivity contribution is 7.99. The van der Waals surface area contributed by atoms with Crippen molar-refractivity contribution in [1.82, 2.24) is 5.32 Å². The largest absolute Gasteiger partial charge is 0.309 e. The van der Waals surface area contributed by atoms with Gasteiger partial charge in [-0.1, -0.05) is 23.7 Å². The predicted octanol–water partition coefficient (Wildman–Crippen LogP) is 3.46. The minimum Gasteiger partial charge on any atom is -0.309 e. The lowest BCUT2D eigenvalue weighted by molar-refractivity contribution is 0.506. The minimum absolute atomic E-state index is 0.249. The van der Waals surface area contributed by atoms with Gasteiger partial charge in [-0.25, -0.2) is 4.39 Å². The Hall–Kier alpha value is -0.250. The first-order chi connectivity index (χ1) is 7.77. The molecule has 1 heterocycles. The van der Waals surface area contributed by atoms with Crippen molar-refractivity contribution in [2.75, 3.05) is 11.5 Å². The van der Waals surface area contributed by atoms with Crippen LogP contribution >= 0.6 is 23.4 Å². The molecular formula is C12H15ClFNS. The molecule has 1 saturated heterocycles. The van der Waals surface area contributed by atoms with Crippen LogP contribution in [0, 0.1) is 5.82 Å². The van der Waals surface area contributed by atoms with Crippen LogP contribution in [0.2, 0.25) is 5.02 Å². The fourth-order valence-corrected chi connectivity index (χ4v) is 3.14. The van der Waals surface area contributed by atoms with Crippen LogP contribution in [-0.4, -0.2) is 17.5 Å². The van der Waals surface area contributed by atoms with Crippen LogP contribution in [0.4, 0.5) is 4.39 Å². The molecule has 1 atom stereocenters. The average Bonchev–Trinajstić information content (AvgIpc) is 2.32. The molecule has 0 spiro atoms. The van der Waals surface area contributed by atoms with Crippen LogP contribution in [-0.2, 0) is 6.54 Å². The van der Waals surface area contributed by atoms with Gasteiger partial charge < -0.3 is 5.32 Å². The molecule has 0 aliphatic carbocycles. The molecule has 1 aromatic rings. The summed E-state index contributed by atoms with van der Waals surface area (Å²) in [5.41, 5.74) is 0.845. The molecule has 1 N–H and O–H groups in total. The summed E-state index contributed by atoms with van der Waals surface area (Å²) >= 11 is 7.87. The minimum atomic E-state index is -0.334. The summed E-state index contributed by atoms with van der Waals surface area (Å²) in [4.78, 5) is 0. The van der Waals surface area contributed by atoms with Gasteiger partial charge in [0.05, 0.1) is 5.02 Å². The summed E-state index contributed by atoms with van der Waals surface area (Å²) in [6.07, 6.45) is 2.47. The van der Waals surface area contributed by atoms with E-state index in [4.69, 9.17) is 11.6 Å².